The second kappa shape index (κ2) is 5.13. The van der Waals surface area contributed by atoms with E-state index in [1.165, 1.54) is 11.6 Å². The fourth-order valence-electron chi connectivity index (χ4n) is 2.17. The van der Waals surface area contributed by atoms with E-state index in [0.29, 0.717) is 11.5 Å². The maximum Gasteiger partial charge on any atom is 0.339 e. The third-order valence-electron chi connectivity index (χ3n) is 3.15. The van der Waals surface area contributed by atoms with Crippen LogP contribution >= 0.6 is 15.9 Å². The lowest BCUT2D eigenvalue weighted by atomic mass is 10.1. The average molecular weight is 331 g/mol. The number of halogens is 1. The molecule has 1 N–H and O–H groups in total. The van der Waals surface area contributed by atoms with Crippen LogP contribution in [0.2, 0.25) is 0 Å². The van der Waals surface area contributed by atoms with Crippen LogP contribution in [0.3, 0.4) is 0 Å². The summed E-state index contributed by atoms with van der Waals surface area (Å²) in [6.07, 6.45) is 5.07. The van der Waals surface area contributed by atoms with Crippen LogP contribution in [0.4, 0.5) is 0 Å². The van der Waals surface area contributed by atoms with Gasteiger partial charge in [-0.2, -0.15) is 0 Å². The molecule has 0 spiro atoms. The zero-order chi connectivity index (χ0) is 14.1. The Kier molecular flexibility index (Phi) is 3.32. The number of hydrogen-bond donors (Lipinski definition) is 1. The van der Waals surface area contributed by atoms with Gasteiger partial charge in [0.05, 0.1) is 0 Å². The van der Waals surface area contributed by atoms with Crippen LogP contribution in [0, 0.1) is 0 Å². The molecule has 0 aromatic heterocycles. The molecule has 2 aromatic rings. The normalized spacial score (nSPS) is 12.2. The first-order chi connectivity index (χ1) is 9.63. The number of carboxylic acid groups (broad SMARTS) is 1. The van der Waals surface area contributed by atoms with Gasteiger partial charge in [0.1, 0.15) is 17.1 Å². The van der Waals surface area contributed by atoms with Crippen LogP contribution in [-0.4, -0.2) is 11.1 Å². The van der Waals surface area contributed by atoms with Crippen molar-refractivity contribution in [3.8, 4) is 11.5 Å². The predicted molar refractivity (Wildman–Crippen MR) is 80.4 cm³/mol. The molecule has 100 valence electrons. The van der Waals surface area contributed by atoms with E-state index in [9.17, 15) is 9.90 Å². The predicted octanol–water partition coefficient (Wildman–Crippen LogP) is 4.51. The third-order valence-corrected chi connectivity index (χ3v) is 3.65. The molecule has 3 rings (SSSR count). The fraction of sp³-hybridized carbons (Fsp3) is 0.0625. The first kappa shape index (κ1) is 12.9. The van der Waals surface area contributed by atoms with Crippen molar-refractivity contribution in [1.29, 1.82) is 0 Å². The zero-order valence-electron chi connectivity index (χ0n) is 10.5. The fourth-order valence-corrected chi connectivity index (χ4v) is 2.51. The summed E-state index contributed by atoms with van der Waals surface area (Å²) in [6, 6.07) is 10.6. The van der Waals surface area contributed by atoms with Gasteiger partial charge in [-0.05, 0) is 47.9 Å². The van der Waals surface area contributed by atoms with Crippen molar-refractivity contribution in [3.63, 3.8) is 0 Å². The minimum Gasteiger partial charge on any atom is -0.478 e. The molecule has 1 aliphatic carbocycles. The zero-order valence-corrected chi connectivity index (χ0v) is 12.1. The Balaban J connectivity index is 1.96. The molecule has 0 bridgehead atoms. The van der Waals surface area contributed by atoms with E-state index >= 15 is 0 Å². The molecule has 3 nitrogen and oxygen atoms in total. The quantitative estimate of drug-likeness (QED) is 0.900. The van der Waals surface area contributed by atoms with E-state index < -0.39 is 5.97 Å². The topological polar surface area (TPSA) is 46.5 Å². The Hall–Kier alpha value is -2.07. The Labute approximate surface area is 124 Å². The molecule has 20 heavy (non-hydrogen) atoms. The number of carbonyl (C=O) groups is 1. The lowest BCUT2D eigenvalue weighted by Gasteiger charge is -2.10. The number of benzene rings is 2. The van der Waals surface area contributed by atoms with Gasteiger partial charge in [0.25, 0.3) is 0 Å². The molecule has 1 aliphatic rings. The standard InChI is InChI=1S/C16H11BrO3/c17-12-5-7-14(16(18)19)15(9-12)20-13-6-4-10-2-1-3-11(10)8-13/h1,3-9H,2H2,(H,18,19). The number of ether oxygens (including phenoxy) is 1. The minimum absolute atomic E-state index is 0.143. The summed E-state index contributed by atoms with van der Waals surface area (Å²) in [5.74, 6) is -0.0433. The molecule has 0 fully saturated rings. The molecule has 0 aliphatic heterocycles. The van der Waals surface area contributed by atoms with Crippen molar-refractivity contribution in [2.24, 2.45) is 0 Å². The van der Waals surface area contributed by atoms with E-state index in [1.54, 1.807) is 12.1 Å². The Morgan fingerprint density at radius 3 is 2.85 bits per heavy atom. The number of hydrogen-bond acceptors (Lipinski definition) is 2. The summed E-state index contributed by atoms with van der Waals surface area (Å²) in [6.45, 7) is 0. The number of rotatable bonds is 3. The lowest BCUT2D eigenvalue weighted by Crippen LogP contribution is -2.00. The highest BCUT2D eigenvalue weighted by atomic mass is 79.9. The molecular weight excluding hydrogens is 320 g/mol. The van der Waals surface area contributed by atoms with E-state index in [2.05, 4.69) is 22.0 Å². The van der Waals surface area contributed by atoms with E-state index in [0.717, 1.165) is 16.5 Å². The maximum atomic E-state index is 11.2. The van der Waals surface area contributed by atoms with Crippen molar-refractivity contribution in [2.75, 3.05) is 0 Å². The molecule has 4 heteroatoms. The first-order valence-electron chi connectivity index (χ1n) is 6.13. The van der Waals surface area contributed by atoms with E-state index in [4.69, 9.17) is 4.74 Å². The molecular formula is C16H11BrO3. The SMILES string of the molecule is O=C(O)c1ccc(Br)cc1Oc1ccc2c(c1)C=CC2. The van der Waals surface area contributed by atoms with Gasteiger partial charge in [-0.1, -0.05) is 34.1 Å². The second-order valence-electron chi connectivity index (χ2n) is 4.51. The van der Waals surface area contributed by atoms with Crippen molar-refractivity contribution < 1.29 is 14.6 Å². The highest BCUT2D eigenvalue weighted by Crippen LogP contribution is 2.31. The molecule has 0 saturated carbocycles. The number of allylic oxidation sites excluding steroid dienone is 1. The molecule has 0 atom stereocenters. The van der Waals surface area contributed by atoms with Crippen molar-refractivity contribution >= 4 is 28.0 Å². The van der Waals surface area contributed by atoms with Crippen LogP contribution in [0.15, 0.2) is 46.9 Å². The van der Waals surface area contributed by atoms with Gasteiger partial charge in [-0.25, -0.2) is 4.79 Å². The van der Waals surface area contributed by atoms with E-state index in [1.807, 2.05) is 24.3 Å². The summed E-state index contributed by atoms with van der Waals surface area (Å²) in [4.78, 5) is 11.2. The van der Waals surface area contributed by atoms with Gasteiger partial charge in [-0.3, -0.25) is 0 Å². The van der Waals surface area contributed by atoms with Gasteiger partial charge < -0.3 is 9.84 Å². The number of fused-ring (bicyclic) bond motifs is 1. The minimum atomic E-state index is -1.01. The van der Waals surface area contributed by atoms with Crippen molar-refractivity contribution in [3.05, 3.63) is 63.6 Å². The Morgan fingerprint density at radius 1 is 1.20 bits per heavy atom. The van der Waals surface area contributed by atoms with Gasteiger partial charge in [0, 0.05) is 4.47 Å². The van der Waals surface area contributed by atoms with Crippen LogP contribution < -0.4 is 4.74 Å². The molecule has 0 radical (unpaired) electrons. The monoisotopic (exact) mass is 330 g/mol. The Bertz CT molecular complexity index is 720. The summed E-state index contributed by atoms with van der Waals surface area (Å²) in [5.41, 5.74) is 2.52. The molecule has 0 saturated heterocycles. The number of carboxylic acids is 1. The maximum absolute atomic E-state index is 11.2. The molecule has 0 heterocycles. The lowest BCUT2D eigenvalue weighted by molar-refractivity contribution is 0.0694. The van der Waals surface area contributed by atoms with Gasteiger partial charge >= 0.3 is 5.97 Å². The first-order valence-corrected chi connectivity index (χ1v) is 6.93. The van der Waals surface area contributed by atoms with Crippen LogP contribution in [-0.2, 0) is 6.42 Å². The summed E-state index contributed by atoms with van der Waals surface area (Å²) in [7, 11) is 0. The largest absolute Gasteiger partial charge is 0.478 e. The number of aromatic carboxylic acids is 1. The molecule has 0 unspecified atom stereocenters. The summed E-state index contributed by atoms with van der Waals surface area (Å²) in [5, 5.41) is 9.18. The van der Waals surface area contributed by atoms with Crippen molar-refractivity contribution in [2.45, 2.75) is 6.42 Å². The second-order valence-corrected chi connectivity index (χ2v) is 5.43. The highest BCUT2D eigenvalue weighted by Gasteiger charge is 2.13. The van der Waals surface area contributed by atoms with Crippen LogP contribution in [0.5, 0.6) is 11.5 Å². The molecule has 2 aromatic carbocycles. The summed E-state index contributed by atoms with van der Waals surface area (Å²) < 4.78 is 6.51. The third kappa shape index (κ3) is 2.47. The van der Waals surface area contributed by atoms with Crippen molar-refractivity contribution in [1.82, 2.24) is 0 Å². The summed E-state index contributed by atoms with van der Waals surface area (Å²) >= 11 is 3.32. The van der Waals surface area contributed by atoms with Gasteiger partial charge in [-0.15, -0.1) is 0 Å². The Morgan fingerprint density at radius 2 is 2.05 bits per heavy atom. The van der Waals surface area contributed by atoms with Gasteiger partial charge in [0.2, 0.25) is 0 Å². The van der Waals surface area contributed by atoms with Crippen LogP contribution in [0.25, 0.3) is 6.08 Å². The van der Waals surface area contributed by atoms with Crippen LogP contribution in [0.1, 0.15) is 21.5 Å². The highest BCUT2D eigenvalue weighted by molar-refractivity contribution is 9.10. The smallest absolute Gasteiger partial charge is 0.339 e. The van der Waals surface area contributed by atoms with Gasteiger partial charge in [0.15, 0.2) is 0 Å². The van der Waals surface area contributed by atoms with E-state index in [-0.39, 0.29) is 5.56 Å². The average Bonchev–Trinajstić information content (AvgIpc) is 2.85. The molecule has 0 amide bonds.